The zero-order valence-corrected chi connectivity index (χ0v) is 19.3. The first kappa shape index (κ1) is 27.1. The molecule has 4 rings (SSSR count). The number of halogens is 11. The van der Waals surface area contributed by atoms with E-state index in [1.54, 1.807) is 6.07 Å². The van der Waals surface area contributed by atoms with Gasteiger partial charge in [-0.15, -0.1) is 0 Å². The van der Waals surface area contributed by atoms with E-state index in [1.165, 1.54) is 24.3 Å². The number of amidine groups is 1. The van der Waals surface area contributed by atoms with Gasteiger partial charge in [0.25, 0.3) is 0 Å². The molecule has 0 saturated heterocycles. The number of hydrogen-bond acceptors (Lipinski definition) is 5. The van der Waals surface area contributed by atoms with Crippen LogP contribution < -0.4 is 16.2 Å². The van der Waals surface area contributed by atoms with Crippen molar-refractivity contribution in [1.29, 1.82) is 0 Å². The van der Waals surface area contributed by atoms with Gasteiger partial charge in [-0.25, -0.2) is 9.98 Å². The van der Waals surface area contributed by atoms with Crippen LogP contribution in [0.3, 0.4) is 0 Å². The van der Waals surface area contributed by atoms with Crippen molar-refractivity contribution in [3.8, 4) is 0 Å². The fourth-order valence-electron chi connectivity index (χ4n) is 3.90. The maximum Gasteiger partial charge on any atom is 0.451 e. The number of hydrazine groups is 1. The van der Waals surface area contributed by atoms with E-state index in [1.807, 2.05) is 0 Å². The molecule has 2 aromatic rings. The van der Waals surface area contributed by atoms with Gasteiger partial charge in [0, 0.05) is 6.42 Å². The van der Waals surface area contributed by atoms with Crippen LogP contribution in [0.5, 0.6) is 0 Å². The number of aliphatic imine (C=N–C) groups is 2. The van der Waals surface area contributed by atoms with Crippen LogP contribution in [0.4, 0.5) is 45.2 Å². The Kier molecular flexibility index (Phi) is 6.44. The van der Waals surface area contributed by atoms with Crippen molar-refractivity contribution < 1.29 is 39.5 Å². The highest BCUT2D eigenvalue weighted by Gasteiger charge is 2.58. The van der Waals surface area contributed by atoms with Gasteiger partial charge in [-0.1, -0.05) is 53.5 Å². The largest absolute Gasteiger partial charge is 0.451 e. The van der Waals surface area contributed by atoms with Crippen molar-refractivity contribution in [2.45, 2.75) is 30.6 Å². The molecule has 3 N–H and O–H groups in total. The molecule has 0 aromatic heterocycles. The summed E-state index contributed by atoms with van der Waals surface area (Å²) in [6.07, 6.45) is -16.3. The van der Waals surface area contributed by atoms with Gasteiger partial charge in [0.05, 0.1) is 26.9 Å². The summed E-state index contributed by atoms with van der Waals surface area (Å²) in [5, 5.41) is -0.822. The fourth-order valence-corrected chi connectivity index (χ4v) is 4.56. The summed E-state index contributed by atoms with van der Waals surface area (Å²) in [7, 11) is 0. The van der Waals surface area contributed by atoms with Gasteiger partial charge in [0.2, 0.25) is 5.84 Å². The highest BCUT2D eigenvalue weighted by molar-refractivity contribution is 6.39. The van der Waals surface area contributed by atoms with Crippen LogP contribution in [0.2, 0.25) is 10.0 Å². The zero-order chi connectivity index (χ0) is 27.6. The molecule has 198 valence electrons. The van der Waals surface area contributed by atoms with E-state index in [4.69, 9.17) is 28.9 Å². The summed E-state index contributed by atoms with van der Waals surface area (Å²) in [5.74, 6) is -2.95. The average molecular weight is 576 g/mol. The normalized spacial score (nSPS) is 20.7. The number of nitrogens with zero attached hydrogens (tertiary/aromatic N) is 3. The molecule has 0 radical (unpaired) electrons. The van der Waals surface area contributed by atoms with E-state index in [0.29, 0.717) is 17.1 Å². The van der Waals surface area contributed by atoms with Crippen molar-refractivity contribution in [2.24, 2.45) is 15.7 Å². The van der Waals surface area contributed by atoms with Gasteiger partial charge in [0.1, 0.15) is 5.82 Å². The number of alkyl halides is 9. The zero-order valence-electron chi connectivity index (χ0n) is 17.8. The molecule has 0 saturated carbocycles. The molecule has 2 heterocycles. The SMILES string of the molecule is NC1=C2C(C(F)(F)F)=NC(C(F)(F)F)=NC2(Cc2ccccc2)NN1c1c(Cl)cc(C(F)(F)F)cc1Cl. The van der Waals surface area contributed by atoms with E-state index in [2.05, 4.69) is 15.4 Å². The number of anilines is 1. The maximum absolute atomic E-state index is 14.0. The molecule has 0 fully saturated rings. The van der Waals surface area contributed by atoms with Gasteiger partial charge in [-0.2, -0.15) is 44.9 Å². The predicted octanol–water partition coefficient (Wildman–Crippen LogP) is 6.42. The Morgan fingerprint density at radius 2 is 1.43 bits per heavy atom. The molecule has 0 bridgehead atoms. The molecule has 2 aliphatic rings. The molecule has 0 aliphatic carbocycles. The monoisotopic (exact) mass is 575 g/mol. The molecular weight excluding hydrogens is 564 g/mol. The lowest BCUT2D eigenvalue weighted by Crippen LogP contribution is -2.54. The Morgan fingerprint density at radius 3 is 1.92 bits per heavy atom. The minimum Gasteiger partial charge on any atom is -0.384 e. The Morgan fingerprint density at radius 1 is 0.865 bits per heavy atom. The third kappa shape index (κ3) is 4.97. The maximum atomic E-state index is 14.0. The van der Waals surface area contributed by atoms with Gasteiger partial charge in [0.15, 0.2) is 11.4 Å². The number of rotatable bonds is 3. The number of fused-ring (bicyclic) bond motifs is 1. The van der Waals surface area contributed by atoms with Crippen molar-refractivity contribution in [3.63, 3.8) is 0 Å². The lowest BCUT2D eigenvalue weighted by Gasteiger charge is -2.34. The van der Waals surface area contributed by atoms with Crippen LogP contribution in [0.15, 0.2) is 63.8 Å². The number of benzene rings is 2. The smallest absolute Gasteiger partial charge is 0.384 e. The van der Waals surface area contributed by atoms with Gasteiger partial charge in [-0.3, -0.25) is 5.01 Å². The molecule has 5 nitrogen and oxygen atoms in total. The number of nitrogens with two attached hydrogens (primary N) is 1. The van der Waals surface area contributed by atoms with Crippen LogP contribution in [-0.4, -0.2) is 29.6 Å². The molecule has 0 spiro atoms. The Bertz CT molecular complexity index is 1310. The third-order valence-electron chi connectivity index (χ3n) is 5.35. The predicted molar refractivity (Wildman–Crippen MR) is 118 cm³/mol. The molecule has 16 heteroatoms. The standard InChI is InChI=1S/C21H12Cl2F9N5/c22-11-6-10(19(24,25)26)7-12(23)14(11)37-16(33)13-15(20(27,28)29)34-17(21(30,31)32)35-18(13,36-37)8-9-4-2-1-3-5-9/h1-7,36H,8,33H2. The van der Waals surface area contributed by atoms with E-state index in [-0.39, 0.29) is 5.56 Å². The van der Waals surface area contributed by atoms with Gasteiger partial charge >= 0.3 is 18.5 Å². The second kappa shape index (κ2) is 8.81. The van der Waals surface area contributed by atoms with Crippen LogP contribution >= 0.6 is 23.2 Å². The first-order chi connectivity index (χ1) is 16.9. The van der Waals surface area contributed by atoms with Crippen molar-refractivity contribution >= 4 is 40.4 Å². The topological polar surface area (TPSA) is 66.0 Å². The second-order valence-corrected chi connectivity index (χ2v) is 8.72. The van der Waals surface area contributed by atoms with Crippen molar-refractivity contribution in [1.82, 2.24) is 5.43 Å². The molecule has 2 aliphatic heterocycles. The molecular formula is C21H12Cl2F9N5. The molecule has 1 unspecified atom stereocenters. The summed E-state index contributed by atoms with van der Waals surface area (Å²) in [6.45, 7) is 0. The minimum absolute atomic E-state index is 0.250. The molecule has 0 amide bonds. The molecule has 37 heavy (non-hydrogen) atoms. The van der Waals surface area contributed by atoms with E-state index in [0.717, 1.165) is 0 Å². The third-order valence-corrected chi connectivity index (χ3v) is 5.93. The lowest BCUT2D eigenvalue weighted by atomic mass is 9.88. The summed E-state index contributed by atoms with van der Waals surface area (Å²) < 4.78 is 122. The fraction of sp³-hybridized carbons (Fsp3) is 0.238. The second-order valence-electron chi connectivity index (χ2n) is 7.91. The molecule has 1 atom stereocenters. The first-order valence-corrected chi connectivity index (χ1v) is 10.7. The quantitative estimate of drug-likeness (QED) is 0.415. The van der Waals surface area contributed by atoms with Gasteiger partial charge in [-0.05, 0) is 17.7 Å². The number of hydrogen-bond donors (Lipinski definition) is 2. The Hall–Kier alpha value is -2.97. The molecule has 2 aromatic carbocycles. The Balaban J connectivity index is 1.97. The van der Waals surface area contributed by atoms with E-state index >= 15 is 0 Å². The van der Waals surface area contributed by atoms with E-state index < -0.39 is 74.9 Å². The lowest BCUT2D eigenvalue weighted by molar-refractivity contribution is -0.137. The van der Waals surface area contributed by atoms with Crippen molar-refractivity contribution in [2.75, 3.05) is 5.01 Å². The van der Waals surface area contributed by atoms with Crippen molar-refractivity contribution in [3.05, 3.63) is 75.0 Å². The first-order valence-electron chi connectivity index (χ1n) is 9.96. The van der Waals surface area contributed by atoms with Crippen LogP contribution in [0.25, 0.3) is 0 Å². The average Bonchev–Trinajstić information content (AvgIpc) is 3.03. The van der Waals surface area contributed by atoms with Crippen LogP contribution in [-0.2, 0) is 12.6 Å². The highest BCUT2D eigenvalue weighted by atomic mass is 35.5. The summed E-state index contributed by atoms with van der Waals surface area (Å²) in [5.41, 5.74) is 1.30. The summed E-state index contributed by atoms with van der Waals surface area (Å²) in [4.78, 5) is 6.22. The summed E-state index contributed by atoms with van der Waals surface area (Å²) in [6, 6.07) is 8.28. The van der Waals surface area contributed by atoms with Crippen LogP contribution in [0, 0.1) is 0 Å². The number of nitrogens with one attached hydrogen (secondary N) is 1. The van der Waals surface area contributed by atoms with E-state index in [9.17, 15) is 39.5 Å². The highest BCUT2D eigenvalue weighted by Crippen LogP contribution is 2.47. The Labute approximate surface area is 212 Å². The minimum atomic E-state index is -5.43. The summed E-state index contributed by atoms with van der Waals surface area (Å²) >= 11 is 12.0. The van der Waals surface area contributed by atoms with Gasteiger partial charge < -0.3 is 5.73 Å². The van der Waals surface area contributed by atoms with Crippen LogP contribution in [0.1, 0.15) is 11.1 Å².